The van der Waals surface area contributed by atoms with Crippen LogP contribution in [0.2, 0.25) is 0 Å². The van der Waals surface area contributed by atoms with E-state index in [1.165, 1.54) is 4.90 Å². The van der Waals surface area contributed by atoms with E-state index in [-0.39, 0.29) is 31.6 Å². The second kappa shape index (κ2) is 4.41. The SMILES string of the molecule is CCNC(=O)N1C[C@@H](F)C[C@H]1CO. The molecule has 2 atom stereocenters. The van der Waals surface area contributed by atoms with Crippen LogP contribution < -0.4 is 5.32 Å². The molecule has 0 unspecified atom stereocenters. The summed E-state index contributed by atoms with van der Waals surface area (Å²) in [4.78, 5) is 12.7. The van der Waals surface area contributed by atoms with Gasteiger partial charge in [0.25, 0.3) is 0 Å². The van der Waals surface area contributed by atoms with Gasteiger partial charge in [0.05, 0.1) is 19.2 Å². The molecule has 1 aliphatic rings. The Balaban J connectivity index is 2.52. The fraction of sp³-hybridized carbons (Fsp3) is 0.875. The van der Waals surface area contributed by atoms with E-state index in [0.717, 1.165) is 0 Å². The lowest BCUT2D eigenvalue weighted by Crippen LogP contribution is -2.44. The summed E-state index contributed by atoms with van der Waals surface area (Å²) in [6.07, 6.45) is -0.757. The normalized spacial score (nSPS) is 27.8. The first kappa shape index (κ1) is 10.2. The minimum atomic E-state index is -1.00. The predicted octanol–water partition coefficient (Wildman–Crippen LogP) is 0.121. The first-order valence-electron chi connectivity index (χ1n) is 4.48. The van der Waals surface area contributed by atoms with Gasteiger partial charge in [-0.15, -0.1) is 0 Å². The van der Waals surface area contributed by atoms with Crippen LogP contribution in [0.3, 0.4) is 0 Å². The predicted molar refractivity (Wildman–Crippen MR) is 46.2 cm³/mol. The molecule has 1 rings (SSSR count). The van der Waals surface area contributed by atoms with Crippen LogP contribution in [0, 0.1) is 0 Å². The molecular formula is C8H15FN2O2. The fourth-order valence-electron chi connectivity index (χ4n) is 1.53. The van der Waals surface area contributed by atoms with E-state index in [0.29, 0.717) is 6.54 Å². The topological polar surface area (TPSA) is 52.6 Å². The second-order valence-corrected chi connectivity index (χ2v) is 3.16. The molecule has 2 amide bonds. The van der Waals surface area contributed by atoms with Crippen LogP contribution in [0.4, 0.5) is 9.18 Å². The molecule has 0 bridgehead atoms. The second-order valence-electron chi connectivity index (χ2n) is 3.16. The third kappa shape index (κ3) is 2.30. The largest absolute Gasteiger partial charge is 0.394 e. The Labute approximate surface area is 76.7 Å². The summed E-state index contributed by atoms with van der Waals surface area (Å²) in [5.41, 5.74) is 0. The van der Waals surface area contributed by atoms with Gasteiger partial charge in [0.15, 0.2) is 0 Å². The number of halogens is 1. The number of aliphatic hydroxyl groups excluding tert-OH is 1. The Hall–Kier alpha value is -0.840. The van der Waals surface area contributed by atoms with Gasteiger partial charge in [-0.2, -0.15) is 0 Å². The molecule has 5 heteroatoms. The Kier molecular flexibility index (Phi) is 3.48. The summed E-state index contributed by atoms with van der Waals surface area (Å²) in [7, 11) is 0. The number of likely N-dealkylation sites (tertiary alicyclic amines) is 1. The average molecular weight is 190 g/mol. The minimum Gasteiger partial charge on any atom is -0.394 e. The zero-order valence-electron chi connectivity index (χ0n) is 7.66. The molecule has 2 N–H and O–H groups in total. The van der Waals surface area contributed by atoms with Crippen molar-refractivity contribution in [2.75, 3.05) is 19.7 Å². The number of carbonyl (C=O) groups excluding carboxylic acids is 1. The van der Waals surface area contributed by atoms with Crippen molar-refractivity contribution in [3.63, 3.8) is 0 Å². The van der Waals surface area contributed by atoms with Gasteiger partial charge in [-0.3, -0.25) is 0 Å². The van der Waals surface area contributed by atoms with Crippen LogP contribution >= 0.6 is 0 Å². The molecule has 0 aromatic heterocycles. The summed E-state index contributed by atoms with van der Waals surface area (Å²) in [6, 6.07) is -0.650. The summed E-state index contributed by atoms with van der Waals surface area (Å²) < 4.78 is 12.9. The Morgan fingerprint density at radius 2 is 2.46 bits per heavy atom. The van der Waals surface area contributed by atoms with Crippen LogP contribution in [-0.2, 0) is 0 Å². The highest BCUT2D eigenvalue weighted by Gasteiger charge is 2.34. The summed E-state index contributed by atoms with van der Waals surface area (Å²) >= 11 is 0. The van der Waals surface area contributed by atoms with Gasteiger partial charge in [0, 0.05) is 13.0 Å². The smallest absolute Gasteiger partial charge is 0.317 e. The monoisotopic (exact) mass is 190 g/mol. The van der Waals surface area contributed by atoms with Crippen LogP contribution in [0.15, 0.2) is 0 Å². The lowest BCUT2D eigenvalue weighted by molar-refractivity contribution is 0.157. The van der Waals surface area contributed by atoms with Gasteiger partial charge in [-0.25, -0.2) is 9.18 Å². The van der Waals surface area contributed by atoms with Crippen molar-refractivity contribution in [1.29, 1.82) is 0 Å². The van der Waals surface area contributed by atoms with Crippen molar-refractivity contribution in [3.05, 3.63) is 0 Å². The number of nitrogens with zero attached hydrogens (tertiary/aromatic N) is 1. The molecule has 4 nitrogen and oxygen atoms in total. The van der Waals surface area contributed by atoms with Crippen LogP contribution in [0.5, 0.6) is 0 Å². The number of carbonyl (C=O) groups is 1. The van der Waals surface area contributed by atoms with Crippen LogP contribution in [0.25, 0.3) is 0 Å². The van der Waals surface area contributed by atoms with E-state index in [9.17, 15) is 9.18 Å². The number of hydrogen-bond donors (Lipinski definition) is 2. The molecule has 0 radical (unpaired) electrons. The standard InChI is InChI=1S/C8H15FN2O2/c1-2-10-8(13)11-4-6(9)3-7(11)5-12/h6-7,12H,2-5H2,1H3,(H,10,13)/t6-,7-/m0/s1. The number of rotatable bonds is 2. The van der Waals surface area contributed by atoms with E-state index >= 15 is 0 Å². The van der Waals surface area contributed by atoms with Gasteiger partial charge in [-0.1, -0.05) is 0 Å². The molecule has 13 heavy (non-hydrogen) atoms. The number of aliphatic hydroxyl groups is 1. The van der Waals surface area contributed by atoms with E-state index in [1.807, 2.05) is 0 Å². The van der Waals surface area contributed by atoms with Gasteiger partial charge < -0.3 is 15.3 Å². The molecule has 1 heterocycles. The van der Waals surface area contributed by atoms with E-state index in [2.05, 4.69) is 5.32 Å². The van der Waals surface area contributed by atoms with Crippen molar-refractivity contribution in [1.82, 2.24) is 10.2 Å². The molecule has 0 spiro atoms. The Morgan fingerprint density at radius 3 is 3.00 bits per heavy atom. The van der Waals surface area contributed by atoms with Crippen molar-refractivity contribution in [2.45, 2.75) is 25.6 Å². The first-order chi connectivity index (χ1) is 6.19. The zero-order valence-corrected chi connectivity index (χ0v) is 7.66. The Morgan fingerprint density at radius 1 is 1.77 bits per heavy atom. The third-order valence-electron chi connectivity index (χ3n) is 2.16. The van der Waals surface area contributed by atoms with E-state index < -0.39 is 6.17 Å². The molecule has 76 valence electrons. The van der Waals surface area contributed by atoms with Crippen LogP contribution in [-0.4, -0.2) is 47.9 Å². The van der Waals surface area contributed by atoms with Gasteiger partial charge >= 0.3 is 6.03 Å². The highest BCUT2D eigenvalue weighted by Crippen LogP contribution is 2.19. The maximum atomic E-state index is 12.9. The number of hydrogen-bond acceptors (Lipinski definition) is 2. The van der Waals surface area contributed by atoms with Crippen molar-refractivity contribution in [2.24, 2.45) is 0 Å². The highest BCUT2D eigenvalue weighted by molar-refractivity contribution is 5.74. The van der Waals surface area contributed by atoms with Gasteiger partial charge in [0.2, 0.25) is 0 Å². The Bertz CT molecular complexity index is 189. The maximum absolute atomic E-state index is 12.9. The van der Waals surface area contributed by atoms with Crippen molar-refractivity contribution in [3.8, 4) is 0 Å². The highest BCUT2D eigenvalue weighted by atomic mass is 19.1. The summed E-state index contributed by atoms with van der Waals surface area (Å²) in [6.45, 7) is 2.24. The number of nitrogens with one attached hydrogen (secondary N) is 1. The molecule has 0 saturated carbocycles. The first-order valence-corrected chi connectivity index (χ1v) is 4.48. The average Bonchev–Trinajstić information content (AvgIpc) is 2.47. The van der Waals surface area contributed by atoms with Gasteiger partial charge in [-0.05, 0) is 6.92 Å². The molecule has 1 saturated heterocycles. The number of alkyl halides is 1. The van der Waals surface area contributed by atoms with E-state index in [4.69, 9.17) is 5.11 Å². The minimum absolute atomic E-state index is 0.0943. The van der Waals surface area contributed by atoms with Crippen molar-refractivity contribution >= 4 is 6.03 Å². The number of urea groups is 1. The summed E-state index contributed by atoms with van der Waals surface area (Å²) in [5, 5.41) is 11.5. The molecule has 0 aromatic carbocycles. The third-order valence-corrected chi connectivity index (χ3v) is 2.16. The van der Waals surface area contributed by atoms with Gasteiger partial charge in [0.1, 0.15) is 6.17 Å². The lowest BCUT2D eigenvalue weighted by Gasteiger charge is -2.22. The lowest BCUT2D eigenvalue weighted by atomic mass is 10.2. The molecule has 0 aliphatic carbocycles. The molecular weight excluding hydrogens is 175 g/mol. The molecule has 1 aliphatic heterocycles. The zero-order chi connectivity index (χ0) is 9.84. The maximum Gasteiger partial charge on any atom is 0.317 e. The molecule has 0 aromatic rings. The molecule has 1 fully saturated rings. The van der Waals surface area contributed by atoms with E-state index in [1.54, 1.807) is 6.92 Å². The number of amides is 2. The van der Waals surface area contributed by atoms with Crippen LogP contribution in [0.1, 0.15) is 13.3 Å². The quantitative estimate of drug-likeness (QED) is 0.650. The summed E-state index contributed by atoms with van der Waals surface area (Å²) in [5.74, 6) is 0. The fourth-order valence-corrected chi connectivity index (χ4v) is 1.53. The van der Waals surface area contributed by atoms with Crippen molar-refractivity contribution < 1.29 is 14.3 Å².